The number of benzene rings is 2. The summed E-state index contributed by atoms with van der Waals surface area (Å²) in [6.45, 7) is 1.52. The molecule has 120 valence electrons. The van der Waals surface area contributed by atoms with Gasteiger partial charge in [-0.15, -0.1) is 0 Å². The molecule has 0 saturated carbocycles. The van der Waals surface area contributed by atoms with E-state index in [1.54, 1.807) is 5.06 Å². The van der Waals surface area contributed by atoms with E-state index in [0.717, 1.165) is 32.4 Å². The summed E-state index contributed by atoms with van der Waals surface area (Å²) in [4.78, 5) is 18.5. The van der Waals surface area contributed by atoms with Crippen LogP contribution in [0.3, 0.4) is 0 Å². The van der Waals surface area contributed by atoms with Gasteiger partial charge in [0, 0.05) is 24.2 Å². The maximum Gasteiger partial charge on any atom is 0.347 e. The third kappa shape index (κ3) is 3.14. The molecule has 1 aliphatic rings. The van der Waals surface area contributed by atoms with E-state index in [4.69, 9.17) is 4.84 Å². The van der Waals surface area contributed by atoms with Crippen LogP contribution in [0.15, 0.2) is 60.7 Å². The quantitative estimate of drug-likeness (QED) is 0.919. The van der Waals surface area contributed by atoms with E-state index in [1.165, 1.54) is 0 Å². The minimum atomic E-state index is -1.51. The molecule has 2 aromatic carbocycles. The zero-order chi connectivity index (χ0) is 16.1. The van der Waals surface area contributed by atoms with Gasteiger partial charge < -0.3 is 5.11 Å². The molecule has 1 heterocycles. The molecular formula is C19H21NO3. The second-order valence-electron chi connectivity index (χ2n) is 5.80. The van der Waals surface area contributed by atoms with Crippen molar-refractivity contribution in [2.45, 2.75) is 24.9 Å². The van der Waals surface area contributed by atoms with Crippen molar-refractivity contribution in [3.05, 3.63) is 71.8 Å². The standard InChI is InChI=1S/C19H21NO3/c21-18(22)19(16-10-4-1-5-11-16,17-12-6-2-7-13-17)23-20-14-8-3-9-15-20/h1-2,4-7,10-13H,3,8-9,14-15H2,(H,21,22). The number of hydroxylamine groups is 2. The number of aliphatic carboxylic acids is 1. The Morgan fingerprint density at radius 1 is 0.870 bits per heavy atom. The van der Waals surface area contributed by atoms with Crippen molar-refractivity contribution in [3.8, 4) is 0 Å². The fourth-order valence-corrected chi connectivity index (χ4v) is 3.05. The molecule has 0 unspecified atom stereocenters. The number of hydrogen-bond donors (Lipinski definition) is 1. The van der Waals surface area contributed by atoms with Gasteiger partial charge in [0.1, 0.15) is 0 Å². The van der Waals surface area contributed by atoms with Gasteiger partial charge in [0.05, 0.1) is 0 Å². The molecule has 1 saturated heterocycles. The lowest BCUT2D eigenvalue weighted by molar-refractivity contribution is -0.247. The molecule has 23 heavy (non-hydrogen) atoms. The molecule has 0 amide bonds. The molecule has 2 aromatic rings. The van der Waals surface area contributed by atoms with Crippen molar-refractivity contribution in [3.63, 3.8) is 0 Å². The Balaban J connectivity index is 2.08. The molecule has 0 aromatic heterocycles. The van der Waals surface area contributed by atoms with E-state index < -0.39 is 11.6 Å². The fraction of sp³-hybridized carbons (Fsp3) is 0.316. The molecule has 1 fully saturated rings. The highest BCUT2D eigenvalue weighted by Gasteiger charge is 2.46. The maximum atomic E-state index is 12.3. The molecule has 0 bridgehead atoms. The van der Waals surface area contributed by atoms with E-state index in [2.05, 4.69) is 0 Å². The van der Waals surface area contributed by atoms with Gasteiger partial charge in [-0.3, -0.25) is 4.84 Å². The Hall–Kier alpha value is -2.17. The second kappa shape index (κ2) is 6.94. The van der Waals surface area contributed by atoms with Gasteiger partial charge in [-0.05, 0) is 12.8 Å². The van der Waals surface area contributed by atoms with Crippen molar-refractivity contribution >= 4 is 5.97 Å². The summed E-state index contributed by atoms with van der Waals surface area (Å²) in [6, 6.07) is 18.4. The van der Waals surface area contributed by atoms with Crippen LogP contribution < -0.4 is 0 Å². The average Bonchev–Trinajstić information content (AvgIpc) is 2.62. The van der Waals surface area contributed by atoms with Gasteiger partial charge in [0.2, 0.25) is 5.60 Å². The number of piperidine rings is 1. The topological polar surface area (TPSA) is 49.8 Å². The lowest BCUT2D eigenvalue weighted by Crippen LogP contribution is -2.47. The van der Waals surface area contributed by atoms with E-state index in [9.17, 15) is 9.90 Å². The lowest BCUT2D eigenvalue weighted by Gasteiger charge is -2.37. The minimum Gasteiger partial charge on any atom is -0.479 e. The van der Waals surface area contributed by atoms with Crippen LogP contribution in [-0.2, 0) is 15.2 Å². The van der Waals surface area contributed by atoms with Crippen LogP contribution >= 0.6 is 0 Å². The van der Waals surface area contributed by atoms with Crippen LogP contribution in [0.1, 0.15) is 30.4 Å². The number of carboxylic acids is 1. The van der Waals surface area contributed by atoms with Crippen molar-refractivity contribution in [2.75, 3.05) is 13.1 Å². The van der Waals surface area contributed by atoms with Gasteiger partial charge >= 0.3 is 5.97 Å². The van der Waals surface area contributed by atoms with Crippen LogP contribution in [0.4, 0.5) is 0 Å². The highest BCUT2D eigenvalue weighted by Crippen LogP contribution is 2.35. The molecule has 4 heteroatoms. The summed E-state index contributed by atoms with van der Waals surface area (Å²) in [5, 5.41) is 11.9. The summed E-state index contributed by atoms with van der Waals surface area (Å²) in [5.41, 5.74) is -0.256. The first-order valence-corrected chi connectivity index (χ1v) is 8.02. The maximum absolute atomic E-state index is 12.3. The van der Waals surface area contributed by atoms with Gasteiger partial charge in [-0.1, -0.05) is 67.1 Å². The first-order valence-electron chi connectivity index (χ1n) is 8.02. The summed E-state index contributed by atoms with van der Waals surface area (Å²) in [5.74, 6) is -1.000. The first-order chi connectivity index (χ1) is 11.2. The average molecular weight is 311 g/mol. The van der Waals surface area contributed by atoms with Crippen LogP contribution in [0.5, 0.6) is 0 Å². The Bertz CT molecular complexity index is 597. The Morgan fingerprint density at radius 2 is 1.35 bits per heavy atom. The van der Waals surface area contributed by atoms with Crippen molar-refractivity contribution < 1.29 is 14.7 Å². The Morgan fingerprint density at radius 3 is 1.78 bits per heavy atom. The number of carbonyl (C=O) groups is 1. The first kappa shape index (κ1) is 15.7. The summed E-state index contributed by atoms with van der Waals surface area (Å²) in [7, 11) is 0. The van der Waals surface area contributed by atoms with Gasteiger partial charge in [-0.25, -0.2) is 4.79 Å². The molecule has 0 atom stereocenters. The fourth-order valence-electron chi connectivity index (χ4n) is 3.05. The smallest absolute Gasteiger partial charge is 0.347 e. The highest BCUT2D eigenvalue weighted by atomic mass is 16.7. The van der Waals surface area contributed by atoms with E-state index in [0.29, 0.717) is 11.1 Å². The van der Waals surface area contributed by atoms with Gasteiger partial charge in [-0.2, -0.15) is 5.06 Å². The normalized spacial score (nSPS) is 16.2. The molecule has 4 nitrogen and oxygen atoms in total. The van der Waals surface area contributed by atoms with E-state index in [1.807, 2.05) is 60.7 Å². The van der Waals surface area contributed by atoms with Crippen molar-refractivity contribution in [2.24, 2.45) is 0 Å². The second-order valence-corrected chi connectivity index (χ2v) is 5.80. The highest BCUT2D eigenvalue weighted by molar-refractivity contribution is 5.84. The molecule has 0 spiro atoms. The van der Waals surface area contributed by atoms with Crippen LogP contribution in [0, 0.1) is 0 Å². The number of hydrogen-bond acceptors (Lipinski definition) is 3. The predicted molar refractivity (Wildman–Crippen MR) is 87.8 cm³/mol. The minimum absolute atomic E-state index is 0.629. The van der Waals surface area contributed by atoms with Gasteiger partial charge in [0.25, 0.3) is 0 Å². The van der Waals surface area contributed by atoms with Crippen LogP contribution in [0.2, 0.25) is 0 Å². The Labute approximate surface area is 136 Å². The largest absolute Gasteiger partial charge is 0.479 e. The molecule has 1 N–H and O–H groups in total. The molecule has 1 aliphatic heterocycles. The van der Waals surface area contributed by atoms with Gasteiger partial charge in [0.15, 0.2) is 0 Å². The zero-order valence-corrected chi connectivity index (χ0v) is 13.0. The monoisotopic (exact) mass is 311 g/mol. The molecule has 0 aliphatic carbocycles. The van der Waals surface area contributed by atoms with Crippen molar-refractivity contribution in [1.29, 1.82) is 0 Å². The lowest BCUT2D eigenvalue weighted by atomic mass is 9.86. The summed E-state index contributed by atoms with van der Waals surface area (Å²) in [6.07, 6.45) is 3.22. The van der Waals surface area contributed by atoms with Crippen molar-refractivity contribution in [1.82, 2.24) is 5.06 Å². The van der Waals surface area contributed by atoms with E-state index >= 15 is 0 Å². The zero-order valence-electron chi connectivity index (χ0n) is 13.0. The number of nitrogens with zero attached hydrogens (tertiary/aromatic N) is 1. The number of carboxylic acid groups (broad SMARTS) is 1. The SMILES string of the molecule is O=C(O)C(ON1CCCCC1)(c1ccccc1)c1ccccc1. The molecular weight excluding hydrogens is 290 g/mol. The van der Waals surface area contributed by atoms with Crippen LogP contribution in [-0.4, -0.2) is 29.2 Å². The molecule has 0 radical (unpaired) electrons. The van der Waals surface area contributed by atoms with Crippen LogP contribution in [0.25, 0.3) is 0 Å². The third-order valence-electron chi connectivity index (χ3n) is 4.24. The van der Waals surface area contributed by atoms with E-state index in [-0.39, 0.29) is 0 Å². The Kier molecular flexibility index (Phi) is 4.74. The third-order valence-corrected chi connectivity index (χ3v) is 4.24. The predicted octanol–water partition coefficient (Wildman–Crippen LogP) is 3.43. The summed E-state index contributed by atoms with van der Waals surface area (Å²) < 4.78 is 0. The number of rotatable bonds is 5. The molecule has 3 rings (SSSR count). The summed E-state index contributed by atoms with van der Waals surface area (Å²) >= 11 is 0.